The van der Waals surface area contributed by atoms with Gasteiger partial charge in [-0.15, -0.1) is 0 Å². The monoisotopic (exact) mass is 477 g/mol. The van der Waals surface area contributed by atoms with Crippen molar-refractivity contribution < 1.29 is 14.3 Å². The highest BCUT2D eigenvalue weighted by molar-refractivity contribution is 7.17. The van der Waals surface area contributed by atoms with Crippen molar-refractivity contribution >= 4 is 45.4 Å². The van der Waals surface area contributed by atoms with Gasteiger partial charge in [-0.3, -0.25) is 4.79 Å². The highest BCUT2D eigenvalue weighted by Gasteiger charge is 2.16. The molecule has 0 unspecified atom stereocenters. The molecule has 9 heteroatoms. The molecule has 2 heterocycles. The zero-order valence-electron chi connectivity index (χ0n) is 19.0. The normalized spacial score (nSPS) is 10.7. The van der Waals surface area contributed by atoms with E-state index in [1.165, 1.54) is 29.7 Å². The minimum absolute atomic E-state index is 0.125. The third-order valence-electron chi connectivity index (χ3n) is 5.31. The number of hydrogen-bond donors (Lipinski definition) is 3. The van der Waals surface area contributed by atoms with Gasteiger partial charge in [0.2, 0.25) is 0 Å². The van der Waals surface area contributed by atoms with Gasteiger partial charge >= 0.3 is 0 Å². The van der Waals surface area contributed by atoms with E-state index >= 15 is 0 Å². The predicted octanol–water partition coefficient (Wildman–Crippen LogP) is 6.15. The van der Waals surface area contributed by atoms with E-state index in [0.717, 1.165) is 11.3 Å². The summed E-state index contributed by atoms with van der Waals surface area (Å²) in [5.41, 5.74) is 2.88. The summed E-state index contributed by atoms with van der Waals surface area (Å²) in [6.45, 7) is 6.26. The van der Waals surface area contributed by atoms with Crippen molar-refractivity contribution in [2.24, 2.45) is 0 Å². The number of hydrogen-bond acceptors (Lipinski definition) is 7. The van der Waals surface area contributed by atoms with Crippen LogP contribution < -0.4 is 15.5 Å². The van der Waals surface area contributed by atoms with Gasteiger partial charge in [-0.1, -0.05) is 23.5 Å². The number of phenolic OH excluding ortho intramolecular Hbond substituents is 1. The van der Waals surface area contributed by atoms with Crippen LogP contribution in [-0.4, -0.2) is 27.5 Å². The lowest BCUT2D eigenvalue weighted by molar-refractivity contribution is 0.103. The number of carbonyl (C=O) groups is 1. The Morgan fingerprint density at radius 2 is 1.88 bits per heavy atom. The summed E-state index contributed by atoms with van der Waals surface area (Å²) in [7, 11) is 0. The van der Waals surface area contributed by atoms with Crippen LogP contribution in [0.5, 0.6) is 5.75 Å². The lowest BCUT2D eigenvalue weighted by Gasteiger charge is -2.22. The molecule has 2 aromatic carbocycles. The first kappa shape index (κ1) is 23.2. The number of nitrogens with one attached hydrogen (secondary N) is 2. The minimum Gasteiger partial charge on any atom is -0.508 e. The van der Waals surface area contributed by atoms with Crippen LogP contribution in [0.2, 0.25) is 0 Å². The fourth-order valence-electron chi connectivity index (χ4n) is 3.49. The third-order valence-corrected chi connectivity index (χ3v) is 6.22. The fourth-order valence-corrected chi connectivity index (χ4v) is 4.21. The number of nitrogens with zero attached hydrogens (tertiary/aromatic N) is 3. The summed E-state index contributed by atoms with van der Waals surface area (Å²) < 4.78 is 13.3. The molecule has 0 saturated carbocycles. The van der Waals surface area contributed by atoms with Crippen molar-refractivity contribution in [2.45, 2.75) is 20.8 Å². The molecule has 0 spiro atoms. The molecule has 0 aliphatic carbocycles. The summed E-state index contributed by atoms with van der Waals surface area (Å²) >= 11 is 1.20. The molecule has 0 radical (unpaired) electrons. The van der Waals surface area contributed by atoms with Crippen LogP contribution >= 0.6 is 11.3 Å². The van der Waals surface area contributed by atoms with Gasteiger partial charge in [-0.25, -0.2) is 14.4 Å². The first-order valence-electron chi connectivity index (χ1n) is 10.7. The van der Waals surface area contributed by atoms with E-state index in [4.69, 9.17) is 0 Å². The molecule has 0 fully saturated rings. The van der Waals surface area contributed by atoms with E-state index < -0.39 is 0 Å². The Morgan fingerprint density at radius 1 is 1.12 bits per heavy atom. The van der Waals surface area contributed by atoms with Gasteiger partial charge < -0.3 is 20.6 Å². The molecule has 4 rings (SSSR count). The van der Waals surface area contributed by atoms with E-state index in [1.807, 2.05) is 36.9 Å². The number of aromatic nitrogens is 2. The second-order valence-electron chi connectivity index (χ2n) is 7.61. The first-order chi connectivity index (χ1) is 16.4. The highest BCUT2D eigenvalue weighted by Crippen LogP contribution is 2.30. The topological polar surface area (TPSA) is 90.4 Å². The van der Waals surface area contributed by atoms with Crippen LogP contribution in [0.1, 0.15) is 27.7 Å². The quantitative estimate of drug-likeness (QED) is 0.296. The van der Waals surface area contributed by atoms with Crippen LogP contribution in [0.15, 0.2) is 60.8 Å². The largest absolute Gasteiger partial charge is 0.508 e. The summed E-state index contributed by atoms with van der Waals surface area (Å²) in [6.07, 6.45) is 1.50. The van der Waals surface area contributed by atoms with Crippen molar-refractivity contribution in [1.29, 1.82) is 0 Å². The van der Waals surface area contributed by atoms with E-state index in [2.05, 4.69) is 20.6 Å². The van der Waals surface area contributed by atoms with Crippen molar-refractivity contribution in [3.8, 4) is 5.75 Å². The smallest absolute Gasteiger partial charge is 0.267 e. The molecule has 174 valence electrons. The van der Waals surface area contributed by atoms with Gasteiger partial charge in [0, 0.05) is 17.8 Å². The Balaban J connectivity index is 1.50. The number of benzene rings is 2. The van der Waals surface area contributed by atoms with E-state index in [0.29, 0.717) is 39.4 Å². The maximum atomic E-state index is 13.3. The highest BCUT2D eigenvalue weighted by atomic mass is 32.1. The summed E-state index contributed by atoms with van der Waals surface area (Å²) in [6, 6.07) is 15.2. The number of halogens is 1. The van der Waals surface area contributed by atoms with Gasteiger partial charge in [-0.05, 0) is 68.8 Å². The van der Waals surface area contributed by atoms with Crippen molar-refractivity contribution in [2.75, 3.05) is 22.1 Å². The maximum Gasteiger partial charge on any atom is 0.267 e. The fraction of sp³-hybridized carbons (Fsp3) is 0.160. The molecule has 1 amide bonds. The Bertz CT molecular complexity index is 1320. The number of rotatable bonds is 7. The Morgan fingerprint density at radius 3 is 2.62 bits per heavy atom. The van der Waals surface area contributed by atoms with Gasteiger partial charge in [0.05, 0.1) is 11.9 Å². The Hall–Kier alpha value is -3.98. The van der Waals surface area contributed by atoms with Crippen LogP contribution in [0.25, 0.3) is 0 Å². The number of aryl methyl sites for hydroxylation is 1. The molecular formula is C25H24FN5O2S. The molecule has 2 aromatic heterocycles. The van der Waals surface area contributed by atoms with E-state index in [-0.39, 0.29) is 17.5 Å². The van der Waals surface area contributed by atoms with Gasteiger partial charge in [0.1, 0.15) is 28.1 Å². The zero-order chi connectivity index (χ0) is 24.2. The van der Waals surface area contributed by atoms with Crippen LogP contribution in [-0.2, 0) is 0 Å². The average molecular weight is 478 g/mol. The number of amides is 1. The molecule has 0 aliphatic heterocycles. The average Bonchev–Trinajstić information content (AvgIpc) is 3.30. The Kier molecular flexibility index (Phi) is 6.74. The molecule has 0 saturated heterocycles. The van der Waals surface area contributed by atoms with Crippen LogP contribution in [0.4, 0.5) is 32.5 Å². The van der Waals surface area contributed by atoms with Crippen LogP contribution in [0, 0.1) is 19.7 Å². The predicted molar refractivity (Wildman–Crippen MR) is 134 cm³/mol. The molecule has 0 bridgehead atoms. The van der Waals surface area contributed by atoms with Gasteiger partial charge in [-0.2, -0.15) is 0 Å². The number of thiazole rings is 1. The first-order valence-corrected chi connectivity index (χ1v) is 11.5. The second kappa shape index (κ2) is 9.88. The maximum absolute atomic E-state index is 13.3. The molecule has 7 nitrogen and oxygen atoms in total. The molecule has 34 heavy (non-hydrogen) atoms. The van der Waals surface area contributed by atoms with Gasteiger partial charge in [0.25, 0.3) is 5.91 Å². The molecule has 3 N–H and O–H groups in total. The van der Waals surface area contributed by atoms with E-state index in [1.54, 1.807) is 31.2 Å². The molecule has 0 aliphatic rings. The number of phenols is 1. The molecular weight excluding hydrogens is 453 g/mol. The minimum atomic E-state index is -0.308. The standard InChI is InChI=1S/C25H24FN5O2S/c1-4-31(18-11-9-17(26)10-12-18)22-7-5-6-21(28-22)29-25-27-14-20(34-25)24(33)30-23-15(2)8-13-19(32)16(23)3/h5-14,32H,4H2,1-3H3,(H,30,33)(H,27,28,29). The Labute approximate surface area is 200 Å². The number of pyridine rings is 1. The lowest BCUT2D eigenvalue weighted by Crippen LogP contribution is -2.17. The number of aromatic hydroxyl groups is 1. The summed E-state index contributed by atoms with van der Waals surface area (Å²) in [5, 5.41) is 16.5. The van der Waals surface area contributed by atoms with Crippen molar-refractivity contribution in [3.63, 3.8) is 0 Å². The third kappa shape index (κ3) is 4.99. The molecule has 0 atom stereocenters. The zero-order valence-corrected chi connectivity index (χ0v) is 19.8. The van der Waals surface area contributed by atoms with Gasteiger partial charge in [0.15, 0.2) is 5.13 Å². The second-order valence-corrected chi connectivity index (χ2v) is 8.64. The van der Waals surface area contributed by atoms with Crippen molar-refractivity contribution in [1.82, 2.24) is 9.97 Å². The molecule has 4 aromatic rings. The SMILES string of the molecule is CCN(c1ccc(F)cc1)c1cccc(Nc2ncc(C(=O)Nc3c(C)ccc(O)c3C)s2)n1. The summed E-state index contributed by atoms with van der Waals surface area (Å²) in [4.78, 5) is 24.1. The number of anilines is 5. The van der Waals surface area contributed by atoms with Crippen LogP contribution in [0.3, 0.4) is 0 Å². The lowest BCUT2D eigenvalue weighted by atomic mass is 10.1. The van der Waals surface area contributed by atoms with Crippen molar-refractivity contribution in [3.05, 3.63) is 82.6 Å². The summed E-state index contributed by atoms with van der Waals surface area (Å²) in [5.74, 6) is 0.793. The van der Waals surface area contributed by atoms with E-state index in [9.17, 15) is 14.3 Å². The number of carbonyl (C=O) groups excluding carboxylic acids is 1.